The van der Waals surface area contributed by atoms with Crippen LogP contribution in [0.5, 0.6) is 0 Å². The first-order valence-electron chi connectivity index (χ1n) is 8.32. The highest BCUT2D eigenvalue weighted by molar-refractivity contribution is 5.90. The van der Waals surface area contributed by atoms with Gasteiger partial charge >= 0.3 is 0 Å². The summed E-state index contributed by atoms with van der Waals surface area (Å²) in [5.74, 6) is -0.637. The number of nitrogens with zero attached hydrogens (tertiary/aromatic N) is 1. The number of carbonyl (C=O) groups excluding carboxylic acids is 3. The first kappa shape index (κ1) is 22.6. The van der Waals surface area contributed by atoms with Crippen molar-refractivity contribution in [3.05, 3.63) is 0 Å². The van der Waals surface area contributed by atoms with Gasteiger partial charge in [-0.3, -0.25) is 9.59 Å². The molecule has 3 atom stereocenters. The van der Waals surface area contributed by atoms with E-state index >= 15 is 0 Å². The molecule has 0 radical (unpaired) electrons. The van der Waals surface area contributed by atoms with Gasteiger partial charge in [0, 0.05) is 31.5 Å². The highest BCUT2D eigenvalue weighted by Crippen LogP contribution is 2.24. The fourth-order valence-corrected chi connectivity index (χ4v) is 2.60. The van der Waals surface area contributed by atoms with Crippen LogP contribution in [0.2, 0.25) is 0 Å². The molecule has 0 aliphatic rings. The molecular weight excluding hydrogens is 308 g/mol. The standard InChI is InChI=1S/C18H34N2O4/c1-12(10-11-21)14(24-9)13(15(22)19-18(5,6)7)20(8)16(23)17(2,3)4/h11-14H,10H2,1-9H3,(H,19,22)/t12-,13+,14-/m1/s1. The van der Waals surface area contributed by atoms with Crippen LogP contribution in [0.3, 0.4) is 0 Å². The number of carbonyl (C=O) groups is 3. The van der Waals surface area contributed by atoms with E-state index < -0.39 is 23.1 Å². The SMILES string of the molecule is CO[C@H]([C@H](C)CC=O)[C@@H](C(=O)NC(C)(C)C)N(C)C(=O)C(C)(C)C. The van der Waals surface area contributed by atoms with Crippen molar-refractivity contribution in [1.29, 1.82) is 0 Å². The van der Waals surface area contributed by atoms with Crippen molar-refractivity contribution in [2.24, 2.45) is 11.3 Å². The second kappa shape index (κ2) is 8.60. The Hall–Kier alpha value is -1.43. The van der Waals surface area contributed by atoms with Gasteiger partial charge < -0.3 is 19.7 Å². The third kappa shape index (κ3) is 6.59. The van der Waals surface area contributed by atoms with Crippen LogP contribution in [0.25, 0.3) is 0 Å². The predicted molar refractivity (Wildman–Crippen MR) is 94.6 cm³/mol. The van der Waals surface area contributed by atoms with E-state index in [0.717, 1.165) is 6.29 Å². The number of likely N-dealkylation sites (N-methyl/N-ethyl adjacent to an activating group) is 1. The summed E-state index contributed by atoms with van der Waals surface area (Å²) < 4.78 is 5.53. The van der Waals surface area contributed by atoms with Crippen LogP contribution in [0.1, 0.15) is 54.9 Å². The summed E-state index contributed by atoms with van der Waals surface area (Å²) in [5, 5.41) is 2.92. The van der Waals surface area contributed by atoms with Crippen LogP contribution in [-0.4, -0.2) is 54.8 Å². The first-order valence-corrected chi connectivity index (χ1v) is 8.32. The molecule has 0 fully saturated rings. The van der Waals surface area contributed by atoms with Gasteiger partial charge in [0.05, 0.1) is 6.10 Å². The van der Waals surface area contributed by atoms with Gasteiger partial charge in [0.2, 0.25) is 11.8 Å². The van der Waals surface area contributed by atoms with Crippen LogP contribution in [0.15, 0.2) is 0 Å². The van der Waals surface area contributed by atoms with Crippen molar-refractivity contribution < 1.29 is 19.1 Å². The molecule has 0 aliphatic carbocycles. The molecule has 0 saturated heterocycles. The third-order valence-corrected chi connectivity index (χ3v) is 3.76. The molecule has 2 amide bonds. The molecule has 0 aromatic carbocycles. The second-order valence-electron chi connectivity index (χ2n) is 8.43. The van der Waals surface area contributed by atoms with Gasteiger partial charge in [-0.2, -0.15) is 0 Å². The number of rotatable bonds is 7. The average Bonchev–Trinajstić information content (AvgIpc) is 2.39. The Balaban J connectivity index is 5.77. The summed E-state index contributed by atoms with van der Waals surface area (Å²) in [6, 6.07) is -0.809. The van der Waals surface area contributed by atoms with Crippen molar-refractivity contribution in [2.75, 3.05) is 14.2 Å². The molecule has 140 valence electrons. The van der Waals surface area contributed by atoms with Gasteiger partial charge in [-0.1, -0.05) is 27.7 Å². The zero-order valence-electron chi connectivity index (χ0n) is 16.6. The number of ether oxygens (including phenoxy) is 1. The number of nitrogens with one attached hydrogen (secondary N) is 1. The lowest BCUT2D eigenvalue weighted by atomic mass is 9.89. The summed E-state index contributed by atoms with van der Waals surface area (Å²) in [6.45, 7) is 12.9. The average molecular weight is 342 g/mol. The van der Waals surface area contributed by atoms with Crippen LogP contribution >= 0.6 is 0 Å². The molecule has 0 unspecified atom stereocenters. The van der Waals surface area contributed by atoms with Crippen molar-refractivity contribution in [2.45, 2.75) is 72.6 Å². The Morgan fingerprint density at radius 3 is 2.00 bits per heavy atom. The second-order valence-corrected chi connectivity index (χ2v) is 8.43. The van der Waals surface area contributed by atoms with Crippen molar-refractivity contribution in [1.82, 2.24) is 10.2 Å². The fraction of sp³-hybridized carbons (Fsp3) is 0.833. The van der Waals surface area contributed by atoms with E-state index in [4.69, 9.17) is 4.74 Å². The Morgan fingerprint density at radius 2 is 1.67 bits per heavy atom. The Morgan fingerprint density at radius 1 is 1.17 bits per heavy atom. The van der Waals surface area contributed by atoms with E-state index in [1.807, 2.05) is 27.7 Å². The molecule has 0 saturated carbocycles. The molecular formula is C18H34N2O4. The lowest BCUT2D eigenvalue weighted by molar-refractivity contribution is -0.152. The van der Waals surface area contributed by atoms with E-state index in [-0.39, 0.29) is 24.2 Å². The lowest BCUT2D eigenvalue weighted by Crippen LogP contribution is -2.60. The van der Waals surface area contributed by atoms with Gasteiger partial charge in [0.1, 0.15) is 12.3 Å². The summed E-state index contributed by atoms with van der Waals surface area (Å²) in [6.07, 6.45) is 0.491. The van der Waals surface area contributed by atoms with Crippen LogP contribution < -0.4 is 5.32 Å². The highest BCUT2D eigenvalue weighted by atomic mass is 16.5. The first-order chi connectivity index (χ1) is 10.8. The monoisotopic (exact) mass is 342 g/mol. The van der Waals surface area contributed by atoms with Gasteiger partial charge in [0.25, 0.3) is 0 Å². The molecule has 0 aromatic heterocycles. The molecule has 0 spiro atoms. The third-order valence-electron chi connectivity index (χ3n) is 3.76. The number of hydrogen-bond acceptors (Lipinski definition) is 4. The smallest absolute Gasteiger partial charge is 0.245 e. The Kier molecular flexibility index (Phi) is 8.09. The lowest BCUT2D eigenvalue weighted by Gasteiger charge is -2.39. The predicted octanol–water partition coefficient (Wildman–Crippen LogP) is 2.01. The summed E-state index contributed by atoms with van der Waals surface area (Å²) in [4.78, 5) is 37.9. The normalized spacial score (nSPS) is 16.0. The minimum Gasteiger partial charge on any atom is -0.378 e. The maximum absolute atomic E-state index is 12.9. The molecule has 24 heavy (non-hydrogen) atoms. The largest absolute Gasteiger partial charge is 0.378 e. The topological polar surface area (TPSA) is 75.7 Å². The van der Waals surface area contributed by atoms with Crippen LogP contribution in [0, 0.1) is 11.3 Å². The zero-order valence-corrected chi connectivity index (χ0v) is 16.6. The molecule has 0 aromatic rings. The molecule has 6 heteroatoms. The molecule has 6 nitrogen and oxygen atoms in total. The number of hydrogen-bond donors (Lipinski definition) is 1. The van der Waals surface area contributed by atoms with Crippen molar-refractivity contribution in [3.8, 4) is 0 Å². The Bertz CT molecular complexity index is 449. The maximum atomic E-state index is 12.9. The van der Waals surface area contributed by atoms with Crippen LogP contribution in [-0.2, 0) is 19.1 Å². The maximum Gasteiger partial charge on any atom is 0.245 e. The van der Waals surface area contributed by atoms with Gasteiger partial charge in [0.15, 0.2) is 0 Å². The summed E-state index contributed by atoms with van der Waals surface area (Å²) in [7, 11) is 3.11. The molecule has 0 bridgehead atoms. The van der Waals surface area contributed by atoms with E-state index in [1.54, 1.807) is 27.8 Å². The van der Waals surface area contributed by atoms with Crippen molar-refractivity contribution >= 4 is 18.1 Å². The number of amides is 2. The summed E-state index contributed by atoms with van der Waals surface area (Å²) in [5.41, 5.74) is -1.06. The molecule has 0 heterocycles. The number of methoxy groups -OCH3 is 1. The molecule has 1 N–H and O–H groups in total. The van der Waals surface area contributed by atoms with Crippen molar-refractivity contribution in [3.63, 3.8) is 0 Å². The van der Waals surface area contributed by atoms with Gasteiger partial charge in [-0.05, 0) is 26.7 Å². The minimum absolute atomic E-state index is 0.156. The van der Waals surface area contributed by atoms with Crippen LogP contribution in [0.4, 0.5) is 0 Å². The highest BCUT2D eigenvalue weighted by Gasteiger charge is 2.41. The van der Waals surface area contributed by atoms with E-state index in [0.29, 0.717) is 0 Å². The molecule has 0 rings (SSSR count). The number of aldehydes is 1. The summed E-state index contributed by atoms with van der Waals surface area (Å²) >= 11 is 0. The van der Waals surface area contributed by atoms with Gasteiger partial charge in [-0.15, -0.1) is 0 Å². The molecule has 0 aliphatic heterocycles. The Labute approximate surface area is 146 Å². The van der Waals surface area contributed by atoms with E-state index in [2.05, 4.69) is 5.32 Å². The zero-order chi connectivity index (χ0) is 19.3. The van der Waals surface area contributed by atoms with E-state index in [9.17, 15) is 14.4 Å². The fourth-order valence-electron chi connectivity index (χ4n) is 2.60. The quantitative estimate of drug-likeness (QED) is 0.718. The van der Waals surface area contributed by atoms with E-state index in [1.165, 1.54) is 12.0 Å². The minimum atomic E-state index is -0.809. The van der Waals surface area contributed by atoms with Gasteiger partial charge in [-0.25, -0.2) is 0 Å².